The monoisotopic (exact) mass is 533 g/mol. The van der Waals surface area contributed by atoms with Gasteiger partial charge >= 0.3 is 12.0 Å². The zero-order chi connectivity index (χ0) is 26.5. The topological polar surface area (TPSA) is 93.6 Å². The number of carbonyl (C=O) groups is 2. The maximum Gasteiger partial charge on any atom is 0.430 e. The lowest BCUT2D eigenvalue weighted by Crippen LogP contribution is -3.12. The summed E-state index contributed by atoms with van der Waals surface area (Å²) in [5, 5.41) is 12.3. The van der Waals surface area contributed by atoms with Crippen LogP contribution in [0.25, 0.3) is 5.52 Å². The van der Waals surface area contributed by atoms with Gasteiger partial charge in [0.1, 0.15) is 5.97 Å². The number of aromatic amines is 1. The maximum atomic E-state index is 13.4. The third kappa shape index (κ3) is 7.37. The number of hydrogen-bond donors (Lipinski definition) is 3. The number of quaternary nitrogens is 1. The lowest BCUT2D eigenvalue weighted by molar-refractivity contribution is -0.927. The second-order valence-electron chi connectivity index (χ2n) is 8.28. The zero-order valence-corrected chi connectivity index (χ0v) is 19.6. The van der Waals surface area contributed by atoms with Crippen LogP contribution in [0.2, 0.25) is 5.02 Å². The summed E-state index contributed by atoms with van der Waals surface area (Å²) >= 11 is 6.00. The van der Waals surface area contributed by atoms with Gasteiger partial charge in [0.15, 0.2) is 12.1 Å². The van der Waals surface area contributed by atoms with E-state index in [4.69, 9.17) is 21.5 Å². The first-order valence-electron chi connectivity index (χ1n) is 10.9. The van der Waals surface area contributed by atoms with Crippen LogP contribution in [-0.4, -0.2) is 42.0 Å². The van der Waals surface area contributed by atoms with Gasteiger partial charge in [0.2, 0.25) is 5.69 Å². The van der Waals surface area contributed by atoms with Gasteiger partial charge in [-0.05, 0) is 29.8 Å². The maximum absolute atomic E-state index is 13.4. The van der Waals surface area contributed by atoms with Crippen molar-refractivity contribution in [2.45, 2.75) is 38.0 Å². The number of carbonyl (C=O) groups excluding carboxylic acids is 2. The van der Waals surface area contributed by atoms with Crippen LogP contribution in [0.3, 0.4) is 0 Å². The Balaban J connectivity index is 0.000000454. The molecule has 0 unspecified atom stereocenters. The molecule has 4 rings (SSSR count). The minimum absolute atomic E-state index is 0.0986. The summed E-state index contributed by atoms with van der Waals surface area (Å²) in [5.74, 6) is -4.96. The van der Waals surface area contributed by atoms with E-state index < -0.39 is 18.1 Å². The third-order valence-corrected chi connectivity index (χ3v) is 5.82. The molecule has 36 heavy (non-hydrogen) atoms. The van der Waals surface area contributed by atoms with Crippen molar-refractivity contribution in [1.82, 2.24) is 10.3 Å². The molecule has 0 saturated carbocycles. The van der Waals surface area contributed by atoms with Crippen molar-refractivity contribution in [3.8, 4) is 0 Å². The van der Waals surface area contributed by atoms with Crippen LogP contribution < -0.4 is 19.7 Å². The van der Waals surface area contributed by atoms with Crippen molar-refractivity contribution >= 4 is 29.0 Å². The molecule has 3 aromatic rings. The van der Waals surface area contributed by atoms with Crippen LogP contribution in [0.1, 0.15) is 34.7 Å². The van der Waals surface area contributed by atoms with Gasteiger partial charge in [-0.2, -0.15) is 17.6 Å². The standard InChI is InChI=1S/C21H21ClF2N4O.C2HF3O2/c22-16-5-3-4-15(12-16)13-25-20(29)19-17-6-1-2-9-28(17)18(26-19)14-27-10-7-21(23,24)8-11-27;3-2(4,5)1(6)7/h1-6,9,12H,7-8,10-11,13-14H2,(H,25,29);(H,6,7)/p+1. The Hall–Kier alpha value is -3.25. The van der Waals surface area contributed by atoms with Gasteiger partial charge < -0.3 is 20.1 Å². The molecule has 0 radical (unpaired) electrons. The molecule has 1 saturated heterocycles. The van der Waals surface area contributed by atoms with E-state index in [1.165, 1.54) is 0 Å². The number of fused-ring (bicyclic) bond motifs is 1. The molecule has 3 N–H and O–H groups in total. The summed E-state index contributed by atoms with van der Waals surface area (Å²) < 4.78 is 60.4. The number of rotatable bonds is 5. The largest absolute Gasteiger partial charge is 0.542 e. The lowest BCUT2D eigenvalue weighted by Gasteiger charge is -2.27. The predicted octanol–water partition coefficient (Wildman–Crippen LogP) is 1.45. The first kappa shape index (κ1) is 27.3. The number of hydrogen-bond acceptors (Lipinski definition) is 3. The van der Waals surface area contributed by atoms with E-state index in [1.807, 2.05) is 47.0 Å². The van der Waals surface area contributed by atoms with Crippen molar-refractivity contribution < 1.29 is 45.9 Å². The number of halogens is 6. The van der Waals surface area contributed by atoms with Gasteiger partial charge in [0, 0.05) is 11.6 Å². The molecule has 0 bridgehead atoms. The number of carboxylic acids is 1. The van der Waals surface area contributed by atoms with Crippen LogP contribution >= 0.6 is 11.6 Å². The summed E-state index contributed by atoms with van der Waals surface area (Å²) in [7, 11) is 0. The molecule has 1 aliphatic rings. The quantitative estimate of drug-likeness (QED) is 0.342. The fraction of sp³-hybridized carbons (Fsp3) is 0.348. The Morgan fingerprint density at radius 2 is 1.81 bits per heavy atom. The summed E-state index contributed by atoms with van der Waals surface area (Å²) in [5.41, 5.74) is 2.13. The smallest absolute Gasteiger partial charge is 0.430 e. The normalized spacial score (nSPS) is 15.7. The number of aromatic nitrogens is 2. The summed E-state index contributed by atoms with van der Waals surface area (Å²) in [6, 6.07) is 13.0. The molecule has 1 fully saturated rings. The van der Waals surface area contributed by atoms with Gasteiger partial charge in [-0.3, -0.25) is 4.79 Å². The van der Waals surface area contributed by atoms with Gasteiger partial charge in [0.25, 0.3) is 11.8 Å². The number of nitrogens with one attached hydrogen (secondary N) is 3. The van der Waals surface area contributed by atoms with E-state index in [9.17, 15) is 26.7 Å². The van der Waals surface area contributed by atoms with Crippen molar-refractivity contribution in [3.63, 3.8) is 0 Å². The average molecular weight is 534 g/mol. The van der Waals surface area contributed by atoms with Crippen LogP contribution in [-0.2, 0) is 17.9 Å². The number of aliphatic carboxylic acids is 1. The molecule has 0 aliphatic carbocycles. The molecular weight excluding hydrogens is 511 g/mol. The van der Waals surface area contributed by atoms with Crippen LogP contribution in [0.15, 0.2) is 48.7 Å². The number of imidazole rings is 1. The predicted molar refractivity (Wildman–Crippen MR) is 116 cm³/mol. The number of likely N-dealkylation sites (tertiary alicyclic amines) is 1. The number of alkyl halides is 5. The summed E-state index contributed by atoms with van der Waals surface area (Å²) in [4.78, 5) is 25.9. The highest BCUT2D eigenvalue weighted by atomic mass is 35.5. The highest BCUT2D eigenvalue weighted by molar-refractivity contribution is 6.30. The Morgan fingerprint density at radius 3 is 2.42 bits per heavy atom. The number of nitrogens with zero attached hydrogens (tertiary/aromatic N) is 1. The molecule has 3 heterocycles. The number of amides is 1. The Kier molecular flexibility index (Phi) is 8.51. The Morgan fingerprint density at radius 1 is 1.14 bits per heavy atom. The fourth-order valence-electron chi connectivity index (χ4n) is 3.75. The van der Waals surface area contributed by atoms with Crippen molar-refractivity contribution in [2.75, 3.05) is 13.1 Å². The number of piperidine rings is 1. The molecule has 2 aromatic heterocycles. The highest BCUT2D eigenvalue weighted by Gasteiger charge is 2.38. The first-order chi connectivity index (χ1) is 16.9. The number of benzene rings is 1. The zero-order valence-electron chi connectivity index (χ0n) is 18.8. The minimum atomic E-state index is -5.19. The van der Waals surface area contributed by atoms with Gasteiger partial charge in [-0.15, -0.1) is 0 Å². The molecule has 1 aromatic carbocycles. The number of H-pyrrole nitrogens is 1. The van der Waals surface area contributed by atoms with E-state index in [-0.39, 0.29) is 18.7 Å². The second-order valence-corrected chi connectivity index (χ2v) is 8.72. The molecule has 194 valence electrons. The molecule has 0 spiro atoms. The van der Waals surface area contributed by atoms with Crippen LogP contribution in [0.4, 0.5) is 22.0 Å². The van der Waals surface area contributed by atoms with E-state index in [0.717, 1.165) is 21.8 Å². The van der Waals surface area contributed by atoms with Gasteiger partial charge in [-0.25, -0.2) is 13.8 Å². The van der Waals surface area contributed by atoms with Crippen molar-refractivity contribution in [2.24, 2.45) is 0 Å². The van der Waals surface area contributed by atoms with Crippen molar-refractivity contribution in [1.29, 1.82) is 0 Å². The summed E-state index contributed by atoms with van der Waals surface area (Å²) in [6.45, 7) is 1.75. The van der Waals surface area contributed by atoms with Crippen LogP contribution in [0.5, 0.6) is 0 Å². The number of pyridine rings is 1. The molecular formula is C23H23ClF5N4O3+. The van der Waals surface area contributed by atoms with E-state index >= 15 is 0 Å². The Labute approximate surface area is 207 Å². The lowest BCUT2D eigenvalue weighted by atomic mass is 10.1. The first-order valence-corrected chi connectivity index (χ1v) is 11.3. The van der Waals surface area contributed by atoms with Crippen molar-refractivity contribution in [3.05, 3.63) is 70.8 Å². The molecule has 13 heteroatoms. The summed E-state index contributed by atoms with van der Waals surface area (Å²) in [6.07, 6.45) is -3.51. The van der Waals surface area contributed by atoms with E-state index in [2.05, 4.69) is 10.3 Å². The molecule has 1 aliphatic heterocycles. The minimum Gasteiger partial charge on any atom is -0.542 e. The van der Waals surface area contributed by atoms with E-state index in [0.29, 0.717) is 36.9 Å². The fourth-order valence-corrected chi connectivity index (χ4v) is 3.97. The molecule has 7 nitrogen and oxygen atoms in total. The highest BCUT2D eigenvalue weighted by Crippen LogP contribution is 2.22. The second kappa shape index (κ2) is 11.2. The average Bonchev–Trinajstić information content (AvgIpc) is 3.17. The molecule has 0 atom stereocenters. The van der Waals surface area contributed by atoms with E-state index in [1.54, 1.807) is 6.07 Å². The Bertz CT molecular complexity index is 1220. The van der Waals surface area contributed by atoms with Gasteiger partial charge in [-0.1, -0.05) is 29.8 Å². The van der Waals surface area contributed by atoms with Crippen LogP contribution in [0, 0.1) is 0 Å². The third-order valence-electron chi connectivity index (χ3n) is 5.58. The SMILES string of the molecule is O=C(NCc1cccc(Cl)c1)c1[nH]c(C[NH+]2CCC(F)(F)CC2)[n+]2ccccc12.O=C([O-])C(F)(F)F. The number of carboxylic acid groups (broad SMARTS) is 1. The van der Waals surface area contributed by atoms with Gasteiger partial charge in [0.05, 0.1) is 32.1 Å². The molecule has 1 amide bonds.